The van der Waals surface area contributed by atoms with Crippen molar-refractivity contribution in [1.29, 1.82) is 0 Å². The molecule has 0 atom stereocenters. The first-order valence-electron chi connectivity index (χ1n) is 7.50. The van der Waals surface area contributed by atoms with Gasteiger partial charge in [0.1, 0.15) is 0 Å². The minimum absolute atomic E-state index is 0.669. The fourth-order valence-corrected chi connectivity index (χ4v) is 2.77. The van der Waals surface area contributed by atoms with Crippen LogP contribution in [0, 0.1) is 12.8 Å². The van der Waals surface area contributed by atoms with Gasteiger partial charge < -0.3 is 10.2 Å². The highest BCUT2D eigenvalue weighted by molar-refractivity contribution is 5.21. The molecule has 0 amide bonds. The maximum atomic E-state index is 4.21. The molecule has 1 aliphatic heterocycles. The molecule has 0 bridgehead atoms. The Bertz CT molecular complexity index is 381. The molecule has 1 N–H and O–H groups in total. The first-order chi connectivity index (χ1) is 9.15. The maximum absolute atomic E-state index is 4.21. The number of nitrogens with zero attached hydrogens (tertiary/aromatic N) is 2. The Kier molecular flexibility index (Phi) is 5.34. The second-order valence-electron chi connectivity index (χ2n) is 6.15. The van der Waals surface area contributed by atoms with Crippen molar-refractivity contribution in [2.75, 3.05) is 19.6 Å². The standard InChI is InChI=1S/C16H27N3/c1-13(2)12-19-8-5-16(6-9-19)18-11-15-10-17-7-4-14(15)3/h4,7,10,13,16,18H,5-6,8-9,11-12H2,1-3H3. The van der Waals surface area contributed by atoms with Crippen LogP contribution in [0.25, 0.3) is 0 Å². The van der Waals surface area contributed by atoms with Crippen LogP contribution in [0.1, 0.15) is 37.8 Å². The average Bonchev–Trinajstić information content (AvgIpc) is 2.39. The van der Waals surface area contributed by atoms with Gasteiger partial charge in [0.25, 0.3) is 0 Å². The Morgan fingerprint density at radius 2 is 2.11 bits per heavy atom. The van der Waals surface area contributed by atoms with Crippen molar-refractivity contribution in [1.82, 2.24) is 15.2 Å². The van der Waals surface area contributed by atoms with Gasteiger partial charge in [-0.15, -0.1) is 0 Å². The molecule has 1 aromatic rings. The Hall–Kier alpha value is -0.930. The fraction of sp³-hybridized carbons (Fsp3) is 0.688. The number of likely N-dealkylation sites (tertiary alicyclic amines) is 1. The number of hydrogen-bond donors (Lipinski definition) is 1. The summed E-state index contributed by atoms with van der Waals surface area (Å²) < 4.78 is 0. The number of piperidine rings is 1. The Labute approximate surface area is 117 Å². The van der Waals surface area contributed by atoms with Gasteiger partial charge in [-0.1, -0.05) is 13.8 Å². The van der Waals surface area contributed by atoms with Gasteiger partial charge in [0, 0.05) is 31.5 Å². The number of hydrogen-bond acceptors (Lipinski definition) is 3. The number of aromatic nitrogens is 1. The summed E-state index contributed by atoms with van der Waals surface area (Å²) in [6, 6.07) is 2.76. The Morgan fingerprint density at radius 1 is 1.37 bits per heavy atom. The Balaban J connectivity index is 1.73. The van der Waals surface area contributed by atoms with Crippen LogP contribution in [0.2, 0.25) is 0 Å². The van der Waals surface area contributed by atoms with E-state index in [1.807, 2.05) is 12.4 Å². The molecule has 19 heavy (non-hydrogen) atoms. The van der Waals surface area contributed by atoms with E-state index >= 15 is 0 Å². The molecule has 0 aromatic carbocycles. The smallest absolute Gasteiger partial charge is 0.0315 e. The molecule has 0 unspecified atom stereocenters. The van der Waals surface area contributed by atoms with Gasteiger partial charge in [-0.3, -0.25) is 4.98 Å². The number of aryl methyl sites for hydroxylation is 1. The van der Waals surface area contributed by atoms with E-state index in [9.17, 15) is 0 Å². The molecule has 1 fully saturated rings. The molecule has 106 valence electrons. The zero-order valence-corrected chi connectivity index (χ0v) is 12.5. The van der Waals surface area contributed by atoms with Crippen LogP contribution in [0.3, 0.4) is 0 Å². The molecule has 2 heterocycles. The van der Waals surface area contributed by atoms with Gasteiger partial charge in [-0.25, -0.2) is 0 Å². The lowest BCUT2D eigenvalue weighted by Gasteiger charge is -2.33. The van der Waals surface area contributed by atoms with E-state index in [0.717, 1.165) is 12.5 Å². The highest BCUT2D eigenvalue weighted by Gasteiger charge is 2.19. The van der Waals surface area contributed by atoms with Crippen LogP contribution in [0.5, 0.6) is 0 Å². The van der Waals surface area contributed by atoms with Crippen molar-refractivity contribution >= 4 is 0 Å². The largest absolute Gasteiger partial charge is 0.310 e. The molecule has 1 aromatic heterocycles. The second-order valence-corrected chi connectivity index (χ2v) is 6.15. The van der Waals surface area contributed by atoms with E-state index in [2.05, 4.69) is 42.0 Å². The van der Waals surface area contributed by atoms with Gasteiger partial charge >= 0.3 is 0 Å². The van der Waals surface area contributed by atoms with E-state index in [4.69, 9.17) is 0 Å². The summed E-state index contributed by atoms with van der Waals surface area (Å²) in [6.45, 7) is 11.4. The minimum Gasteiger partial charge on any atom is -0.310 e. The van der Waals surface area contributed by atoms with Gasteiger partial charge in [0.15, 0.2) is 0 Å². The molecule has 0 spiro atoms. The summed E-state index contributed by atoms with van der Waals surface area (Å²) in [7, 11) is 0. The fourth-order valence-electron chi connectivity index (χ4n) is 2.77. The van der Waals surface area contributed by atoms with Crippen LogP contribution < -0.4 is 5.32 Å². The summed E-state index contributed by atoms with van der Waals surface area (Å²) in [4.78, 5) is 6.80. The topological polar surface area (TPSA) is 28.2 Å². The Morgan fingerprint density at radius 3 is 2.74 bits per heavy atom. The molecule has 1 aliphatic rings. The normalized spacial score (nSPS) is 18.1. The third-order valence-electron chi connectivity index (χ3n) is 3.94. The van der Waals surface area contributed by atoms with Crippen LogP contribution >= 0.6 is 0 Å². The molecule has 1 saturated heterocycles. The predicted octanol–water partition coefficient (Wildman–Crippen LogP) is 2.60. The lowest BCUT2D eigenvalue weighted by Crippen LogP contribution is -2.43. The maximum Gasteiger partial charge on any atom is 0.0315 e. The van der Waals surface area contributed by atoms with E-state index in [1.165, 1.54) is 43.6 Å². The van der Waals surface area contributed by atoms with Gasteiger partial charge in [-0.2, -0.15) is 0 Å². The molecule has 0 radical (unpaired) electrons. The minimum atomic E-state index is 0.669. The summed E-state index contributed by atoms with van der Waals surface area (Å²) >= 11 is 0. The van der Waals surface area contributed by atoms with Crippen molar-refractivity contribution in [3.05, 3.63) is 29.6 Å². The van der Waals surface area contributed by atoms with Crippen molar-refractivity contribution < 1.29 is 0 Å². The average molecular weight is 261 g/mol. The third kappa shape index (κ3) is 4.59. The van der Waals surface area contributed by atoms with Crippen LogP contribution in [-0.2, 0) is 6.54 Å². The van der Waals surface area contributed by atoms with Gasteiger partial charge in [-0.05, 0) is 56.0 Å². The zero-order valence-electron chi connectivity index (χ0n) is 12.5. The zero-order chi connectivity index (χ0) is 13.7. The van der Waals surface area contributed by atoms with Crippen LogP contribution in [0.15, 0.2) is 18.5 Å². The highest BCUT2D eigenvalue weighted by Crippen LogP contribution is 2.13. The predicted molar refractivity (Wildman–Crippen MR) is 80.1 cm³/mol. The van der Waals surface area contributed by atoms with E-state index in [-0.39, 0.29) is 0 Å². The summed E-state index contributed by atoms with van der Waals surface area (Å²) in [6.07, 6.45) is 6.39. The number of pyridine rings is 1. The first kappa shape index (κ1) is 14.5. The number of rotatable bonds is 5. The molecular formula is C16H27N3. The lowest BCUT2D eigenvalue weighted by molar-refractivity contribution is 0.179. The summed E-state index contributed by atoms with van der Waals surface area (Å²) in [5, 5.41) is 3.69. The van der Waals surface area contributed by atoms with Crippen molar-refractivity contribution in [2.45, 2.75) is 46.2 Å². The molecule has 0 saturated carbocycles. The molecular weight excluding hydrogens is 234 g/mol. The van der Waals surface area contributed by atoms with Gasteiger partial charge in [0.05, 0.1) is 0 Å². The first-order valence-corrected chi connectivity index (χ1v) is 7.50. The summed E-state index contributed by atoms with van der Waals surface area (Å²) in [5.41, 5.74) is 2.66. The van der Waals surface area contributed by atoms with Crippen molar-refractivity contribution in [3.63, 3.8) is 0 Å². The second kappa shape index (κ2) is 7.01. The molecule has 0 aliphatic carbocycles. The molecule has 3 nitrogen and oxygen atoms in total. The quantitative estimate of drug-likeness (QED) is 0.883. The third-order valence-corrected chi connectivity index (χ3v) is 3.94. The van der Waals surface area contributed by atoms with Crippen LogP contribution in [-0.4, -0.2) is 35.6 Å². The van der Waals surface area contributed by atoms with E-state index < -0.39 is 0 Å². The lowest BCUT2D eigenvalue weighted by atomic mass is 10.0. The molecule has 2 rings (SSSR count). The monoisotopic (exact) mass is 261 g/mol. The van der Waals surface area contributed by atoms with Crippen molar-refractivity contribution in [2.24, 2.45) is 5.92 Å². The summed E-state index contributed by atoms with van der Waals surface area (Å²) in [5.74, 6) is 0.780. The molecule has 3 heteroatoms. The SMILES string of the molecule is Cc1ccncc1CNC1CCN(CC(C)C)CC1. The highest BCUT2D eigenvalue weighted by atomic mass is 15.1. The van der Waals surface area contributed by atoms with E-state index in [1.54, 1.807) is 0 Å². The van der Waals surface area contributed by atoms with Crippen LogP contribution in [0.4, 0.5) is 0 Å². The number of nitrogens with one attached hydrogen (secondary N) is 1. The van der Waals surface area contributed by atoms with E-state index in [0.29, 0.717) is 6.04 Å². The van der Waals surface area contributed by atoms with Gasteiger partial charge in [0.2, 0.25) is 0 Å². The van der Waals surface area contributed by atoms with Crippen molar-refractivity contribution in [3.8, 4) is 0 Å².